The Labute approximate surface area is 73.7 Å². The number of rotatable bonds is 4. The van der Waals surface area contributed by atoms with E-state index in [0.29, 0.717) is 6.54 Å². The standard InChI is InChI=1S/C7H9FN2O3/c1-2-10-4-5(3-9-10)13-6(8)7(11)12/h3-4,6H,2H2,1H3,(H,11,12). The summed E-state index contributed by atoms with van der Waals surface area (Å²) in [5.41, 5.74) is 0. The lowest BCUT2D eigenvalue weighted by atomic mass is 10.6. The molecule has 0 aromatic carbocycles. The molecule has 0 bridgehead atoms. The van der Waals surface area contributed by atoms with Crippen LogP contribution in [0.4, 0.5) is 4.39 Å². The van der Waals surface area contributed by atoms with E-state index < -0.39 is 12.3 Å². The third-order valence-electron chi connectivity index (χ3n) is 1.37. The molecule has 1 atom stereocenters. The molecule has 72 valence electrons. The van der Waals surface area contributed by atoms with Crippen molar-refractivity contribution in [3.63, 3.8) is 0 Å². The molecule has 1 rings (SSSR count). The van der Waals surface area contributed by atoms with Gasteiger partial charge in [0.05, 0.1) is 12.4 Å². The molecule has 13 heavy (non-hydrogen) atoms. The van der Waals surface area contributed by atoms with Gasteiger partial charge in [0.2, 0.25) is 0 Å². The lowest BCUT2D eigenvalue weighted by molar-refractivity contribution is -0.153. The number of ether oxygens (including phenoxy) is 1. The smallest absolute Gasteiger partial charge is 0.378 e. The zero-order valence-corrected chi connectivity index (χ0v) is 6.98. The summed E-state index contributed by atoms with van der Waals surface area (Å²) in [7, 11) is 0. The van der Waals surface area contributed by atoms with Gasteiger partial charge in [-0.2, -0.15) is 9.49 Å². The second-order valence-electron chi connectivity index (χ2n) is 2.30. The van der Waals surface area contributed by atoms with Crippen LogP contribution in [0.2, 0.25) is 0 Å². The van der Waals surface area contributed by atoms with Crippen molar-refractivity contribution in [1.82, 2.24) is 9.78 Å². The minimum absolute atomic E-state index is 0.108. The number of aromatic nitrogens is 2. The molecule has 0 aliphatic heterocycles. The maximum absolute atomic E-state index is 12.5. The van der Waals surface area contributed by atoms with Crippen molar-refractivity contribution in [2.75, 3.05) is 0 Å². The predicted molar refractivity (Wildman–Crippen MR) is 41.1 cm³/mol. The second-order valence-corrected chi connectivity index (χ2v) is 2.30. The van der Waals surface area contributed by atoms with Crippen LogP contribution in [0.3, 0.4) is 0 Å². The first-order valence-corrected chi connectivity index (χ1v) is 3.69. The highest BCUT2D eigenvalue weighted by molar-refractivity contribution is 5.70. The van der Waals surface area contributed by atoms with Crippen LogP contribution in [0.25, 0.3) is 0 Å². The van der Waals surface area contributed by atoms with E-state index in [1.807, 2.05) is 6.92 Å². The van der Waals surface area contributed by atoms with Crippen LogP contribution < -0.4 is 4.74 Å². The minimum Gasteiger partial charge on any atom is -0.476 e. The minimum atomic E-state index is -2.34. The highest BCUT2D eigenvalue weighted by Crippen LogP contribution is 2.11. The molecule has 0 saturated heterocycles. The molecule has 0 fully saturated rings. The maximum atomic E-state index is 12.5. The van der Waals surface area contributed by atoms with Crippen molar-refractivity contribution in [3.05, 3.63) is 12.4 Å². The third kappa shape index (κ3) is 2.43. The van der Waals surface area contributed by atoms with E-state index >= 15 is 0 Å². The normalized spacial score (nSPS) is 12.5. The second kappa shape index (κ2) is 3.88. The molecule has 0 saturated carbocycles. The van der Waals surface area contributed by atoms with E-state index in [2.05, 4.69) is 9.84 Å². The molecule has 1 aromatic rings. The fraction of sp³-hybridized carbons (Fsp3) is 0.429. The summed E-state index contributed by atoms with van der Waals surface area (Å²) in [5.74, 6) is -1.54. The van der Waals surface area contributed by atoms with Crippen LogP contribution >= 0.6 is 0 Å². The SMILES string of the molecule is CCn1cc(OC(F)C(=O)O)cn1. The van der Waals surface area contributed by atoms with Gasteiger partial charge >= 0.3 is 12.3 Å². The summed E-state index contributed by atoms with van der Waals surface area (Å²) in [6, 6.07) is 0. The summed E-state index contributed by atoms with van der Waals surface area (Å²) in [5, 5.41) is 12.0. The highest BCUT2D eigenvalue weighted by atomic mass is 19.1. The number of carboxylic acid groups (broad SMARTS) is 1. The van der Waals surface area contributed by atoms with Crippen molar-refractivity contribution in [3.8, 4) is 5.75 Å². The number of alkyl halides is 1. The average Bonchev–Trinajstić information content (AvgIpc) is 2.52. The van der Waals surface area contributed by atoms with Crippen molar-refractivity contribution in [2.24, 2.45) is 0 Å². The Bertz CT molecular complexity index is 300. The molecule has 6 heteroatoms. The van der Waals surface area contributed by atoms with Crippen molar-refractivity contribution >= 4 is 5.97 Å². The number of halogens is 1. The zero-order chi connectivity index (χ0) is 9.84. The Morgan fingerprint density at radius 3 is 3.08 bits per heavy atom. The van der Waals surface area contributed by atoms with Gasteiger partial charge < -0.3 is 9.84 Å². The van der Waals surface area contributed by atoms with Crippen molar-refractivity contribution in [1.29, 1.82) is 0 Å². The molecule has 0 aliphatic rings. The molecule has 0 amide bonds. The van der Waals surface area contributed by atoms with Crippen molar-refractivity contribution < 1.29 is 19.0 Å². The number of hydrogen-bond donors (Lipinski definition) is 1. The van der Waals surface area contributed by atoms with Gasteiger partial charge in [0, 0.05) is 6.54 Å². The molecule has 0 radical (unpaired) electrons. The first-order chi connectivity index (χ1) is 6.13. The molecule has 0 aliphatic carbocycles. The monoisotopic (exact) mass is 188 g/mol. The first kappa shape index (κ1) is 9.50. The predicted octanol–water partition coefficient (Wildman–Crippen LogP) is 0.662. The number of nitrogens with zero attached hydrogens (tertiary/aromatic N) is 2. The quantitative estimate of drug-likeness (QED) is 0.753. The fourth-order valence-corrected chi connectivity index (χ4v) is 0.748. The van der Waals surface area contributed by atoms with E-state index in [-0.39, 0.29) is 5.75 Å². The molecule has 5 nitrogen and oxygen atoms in total. The van der Waals surface area contributed by atoms with E-state index in [0.717, 1.165) is 0 Å². The Balaban J connectivity index is 2.58. The number of hydrogen-bond acceptors (Lipinski definition) is 3. The molecular weight excluding hydrogens is 179 g/mol. The van der Waals surface area contributed by atoms with Gasteiger partial charge in [-0.1, -0.05) is 0 Å². The van der Waals surface area contributed by atoms with E-state index in [1.54, 1.807) is 0 Å². The lowest BCUT2D eigenvalue weighted by Gasteiger charge is -2.02. The maximum Gasteiger partial charge on any atom is 0.378 e. The topological polar surface area (TPSA) is 64.3 Å². The van der Waals surface area contributed by atoms with Crippen LogP contribution in [-0.4, -0.2) is 27.2 Å². The number of aryl methyl sites for hydroxylation is 1. The molecular formula is C7H9FN2O3. The van der Waals surface area contributed by atoms with Crippen LogP contribution in [0.5, 0.6) is 5.75 Å². The number of carboxylic acids is 1. The van der Waals surface area contributed by atoms with Gasteiger partial charge in [-0.25, -0.2) is 4.79 Å². The van der Waals surface area contributed by atoms with Gasteiger partial charge in [0.25, 0.3) is 0 Å². The Morgan fingerprint density at radius 2 is 2.62 bits per heavy atom. The Kier molecular flexibility index (Phi) is 2.84. The molecule has 1 N–H and O–H groups in total. The van der Waals surface area contributed by atoms with E-state index in [9.17, 15) is 9.18 Å². The van der Waals surface area contributed by atoms with Crippen LogP contribution in [0.15, 0.2) is 12.4 Å². The largest absolute Gasteiger partial charge is 0.476 e. The van der Waals surface area contributed by atoms with Gasteiger partial charge in [-0.3, -0.25) is 4.68 Å². The van der Waals surface area contributed by atoms with Gasteiger partial charge in [-0.15, -0.1) is 0 Å². The summed E-state index contributed by atoms with van der Waals surface area (Å²) < 4.78 is 18.4. The van der Waals surface area contributed by atoms with Gasteiger partial charge in [0.15, 0.2) is 5.75 Å². The van der Waals surface area contributed by atoms with Gasteiger partial charge in [0.1, 0.15) is 0 Å². The zero-order valence-electron chi connectivity index (χ0n) is 6.98. The fourth-order valence-electron chi connectivity index (χ4n) is 0.748. The first-order valence-electron chi connectivity index (χ1n) is 3.69. The van der Waals surface area contributed by atoms with E-state index in [1.165, 1.54) is 17.1 Å². The third-order valence-corrected chi connectivity index (χ3v) is 1.37. The molecule has 1 unspecified atom stereocenters. The Hall–Kier alpha value is -1.59. The van der Waals surface area contributed by atoms with Gasteiger partial charge in [-0.05, 0) is 6.92 Å². The van der Waals surface area contributed by atoms with Crippen LogP contribution in [0, 0.1) is 0 Å². The summed E-state index contributed by atoms with van der Waals surface area (Å²) >= 11 is 0. The summed E-state index contributed by atoms with van der Waals surface area (Å²) in [4.78, 5) is 10.1. The molecule has 0 spiro atoms. The number of carbonyl (C=O) groups is 1. The highest BCUT2D eigenvalue weighted by Gasteiger charge is 2.17. The summed E-state index contributed by atoms with van der Waals surface area (Å²) in [6.45, 7) is 2.47. The van der Waals surface area contributed by atoms with Crippen LogP contribution in [0.1, 0.15) is 6.92 Å². The van der Waals surface area contributed by atoms with Crippen LogP contribution in [-0.2, 0) is 11.3 Å². The Morgan fingerprint density at radius 1 is 1.92 bits per heavy atom. The van der Waals surface area contributed by atoms with E-state index in [4.69, 9.17) is 5.11 Å². The average molecular weight is 188 g/mol. The lowest BCUT2D eigenvalue weighted by Crippen LogP contribution is -2.21. The number of aliphatic carboxylic acids is 1. The van der Waals surface area contributed by atoms with Crippen molar-refractivity contribution in [2.45, 2.75) is 19.8 Å². The molecule has 1 aromatic heterocycles. The summed E-state index contributed by atoms with van der Waals surface area (Å²) in [6.07, 6.45) is 0.351. The molecule has 1 heterocycles.